The van der Waals surface area contributed by atoms with Crippen LogP contribution in [0, 0.1) is 0 Å². The summed E-state index contributed by atoms with van der Waals surface area (Å²) in [5, 5.41) is 0. The van der Waals surface area contributed by atoms with Gasteiger partial charge in [0.2, 0.25) is 0 Å². The first-order chi connectivity index (χ1) is 8.70. The molecule has 1 heterocycles. The van der Waals surface area contributed by atoms with Crippen molar-refractivity contribution in [2.75, 3.05) is 0 Å². The maximum absolute atomic E-state index is 11.1. The summed E-state index contributed by atoms with van der Waals surface area (Å²) in [6.45, 7) is 3.71. The van der Waals surface area contributed by atoms with Gasteiger partial charge in [-0.25, -0.2) is 0 Å². The predicted octanol–water partition coefficient (Wildman–Crippen LogP) is 3.90. The normalized spacial score (nSPS) is 10.3. The summed E-state index contributed by atoms with van der Waals surface area (Å²) in [7, 11) is 0. The van der Waals surface area contributed by atoms with Crippen LogP contribution in [0.25, 0.3) is 11.1 Å². The van der Waals surface area contributed by atoms with Crippen LogP contribution in [0.1, 0.15) is 36.3 Å². The van der Waals surface area contributed by atoms with Crippen LogP contribution in [0.15, 0.2) is 42.6 Å². The Kier molecular flexibility index (Phi) is 3.88. The summed E-state index contributed by atoms with van der Waals surface area (Å²) >= 11 is 0. The lowest BCUT2D eigenvalue weighted by Crippen LogP contribution is -1.95. The molecule has 0 fully saturated rings. The molecule has 2 aromatic rings. The number of ketones is 1. The average Bonchev–Trinajstić information content (AvgIpc) is 2.40. The molecule has 0 aliphatic heterocycles. The number of hydrogen-bond acceptors (Lipinski definition) is 2. The molecule has 2 rings (SSSR count). The van der Waals surface area contributed by atoms with Crippen molar-refractivity contribution in [3.63, 3.8) is 0 Å². The number of benzene rings is 1. The highest BCUT2D eigenvalue weighted by molar-refractivity contribution is 5.92. The van der Waals surface area contributed by atoms with E-state index in [9.17, 15) is 4.79 Å². The van der Waals surface area contributed by atoms with E-state index in [1.54, 1.807) is 12.3 Å². The van der Waals surface area contributed by atoms with Gasteiger partial charge < -0.3 is 0 Å². The standard InChI is InChI=1S/C16H17NO/c1-3-4-13-5-7-14(8-6-13)15-9-10-16(12(2)18)17-11-15/h5-11H,3-4H2,1-2H3. The molecule has 0 radical (unpaired) electrons. The number of carbonyl (C=O) groups excluding carboxylic acids is 1. The Hall–Kier alpha value is -1.96. The Bertz CT molecular complexity index is 526. The summed E-state index contributed by atoms with van der Waals surface area (Å²) in [4.78, 5) is 15.3. The number of nitrogens with zero attached hydrogens (tertiary/aromatic N) is 1. The Morgan fingerprint density at radius 3 is 2.22 bits per heavy atom. The van der Waals surface area contributed by atoms with Crippen molar-refractivity contribution >= 4 is 5.78 Å². The third kappa shape index (κ3) is 2.83. The number of Topliss-reactive ketones (excluding diaryl/α,β-unsaturated/α-hetero) is 1. The zero-order chi connectivity index (χ0) is 13.0. The monoisotopic (exact) mass is 239 g/mol. The van der Waals surface area contributed by atoms with Gasteiger partial charge >= 0.3 is 0 Å². The number of hydrogen-bond donors (Lipinski definition) is 0. The highest BCUT2D eigenvalue weighted by atomic mass is 16.1. The number of pyridine rings is 1. The van der Waals surface area contributed by atoms with Crippen molar-refractivity contribution in [2.45, 2.75) is 26.7 Å². The molecule has 92 valence electrons. The minimum absolute atomic E-state index is 0.000145. The molecule has 0 unspecified atom stereocenters. The molecular formula is C16H17NO. The molecule has 1 aromatic heterocycles. The Morgan fingerprint density at radius 2 is 1.72 bits per heavy atom. The van der Waals surface area contributed by atoms with Gasteiger partial charge in [-0.1, -0.05) is 43.7 Å². The molecule has 0 aliphatic carbocycles. The van der Waals surface area contributed by atoms with E-state index < -0.39 is 0 Å². The molecule has 2 nitrogen and oxygen atoms in total. The summed E-state index contributed by atoms with van der Waals surface area (Å²) in [6.07, 6.45) is 4.03. The van der Waals surface area contributed by atoms with E-state index in [1.807, 2.05) is 6.07 Å². The molecule has 0 saturated carbocycles. The zero-order valence-corrected chi connectivity index (χ0v) is 10.8. The first kappa shape index (κ1) is 12.5. The third-order valence-corrected chi connectivity index (χ3v) is 2.95. The van der Waals surface area contributed by atoms with Gasteiger partial charge in [0.25, 0.3) is 0 Å². The lowest BCUT2D eigenvalue weighted by atomic mass is 10.0. The highest BCUT2D eigenvalue weighted by Gasteiger charge is 2.02. The first-order valence-electron chi connectivity index (χ1n) is 6.27. The van der Waals surface area contributed by atoms with Crippen LogP contribution < -0.4 is 0 Å². The summed E-state index contributed by atoms with van der Waals surface area (Å²) < 4.78 is 0. The SMILES string of the molecule is CCCc1ccc(-c2ccc(C(C)=O)nc2)cc1. The first-order valence-corrected chi connectivity index (χ1v) is 6.27. The van der Waals surface area contributed by atoms with Gasteiger partial charge in [-0.05, 0) is 23.6 Å². The van der Waals surface area contributed by atoms with E-state index in [-0.39, 0.29) is 5.78 Å². The van der Waals surface area contributed by atoms with Gasteiger partial charge in [0, 0.05) is 18.7 Å². The van der Waals surface area contributed by atoms with Crippen molar-refractivity contribution in [1.29, 1.82) is 0 Å². The van der Waals surface area contributed by atoms with Gasteiger partial charge in [0.1, 0.15) is 5.69 Å². The fraction of sp³-hybridized carbons (Fsp3) is 0.250. The quantitative estimate of drug-likeness (QED) is 0.757. The van der Waals surface area contributed by atoms with Gasteiger partial charge in [-0.2, -0.15) is 0 Å². The number of rotatable bonds is 4. The van der Waals surface area contributed by atoms with E-state index in [1.165, 1.54) is 12.5 Å². The lowest BCUT2D eigenvalue weighted by molar-refractivity contribution is 0.101. The van der Waals surface area contributed by atoms with E-state index in [2.05, 4.69) is 36.2 Å². The molecule has 18 heavy (non-hydrogen) atoms. The topological polar surface area (TPSA) is 30.0 Å². The minimum atomic E-state index is -0.000145. The maximum atomic E-state index is 11.1. The Labute approximate surface area is 108 Å². The molecule has 0 amide bonds. The van der Waals surface area contributed by atoms with Gasteiger partial charge in [-0.15, -0.1) is 0 Å². The zero-order valence-electron chi connectivity index (χ0n) is 10.8. The largest absolute Gasteiger partial charge is 0.293 e. The molecule has 1 aromatic carbocycles. The molecule has 0 atom stereocenters. The molecule has 0 bridgehead atoms. The second-order valence-corrected chi connectivity index (χ2v) is 4.44. The van der Waals surface area contributed by atoms with Crippen LogP contribution in [-0.2, 0) is 6.42 Å². The van der Waals surface area contributed by atoms with Gasteiger partial charge in [0.05, 0.1) is 0 Å². The van der Waals surface area contributed by atoms with Crippen LogP contribution >= 0.6 is 0 Å². The van der Waals surface area contributed by atoms with Crippen LogP contribution in [0.4, 0.5) is 0 Å². The summed E-state index contributed by atoms with van der Waals surface area (Å²) in [6, 6.07) is 12.2. The van der Waals surface area contributed by atoms with Crippen molar-refractivity contribution in [2.24, 2.45) is 0 Å². The fourth-order valence-electron chi connectivity index (χ4n) is 1.93. The lowest BCUT2D eigenvalue weighted by Gasteiger charge is -2.04. The number of carbonyl (C=O) groups is 1. The fourth-order valence-corrected chi connectivity index (χ4v) is 1.93. The Morgan fingerprint density at radius 1 is 1.06 bits per heavy atom. The average molecular weight is 239 g/mol. The maximum Gasteiger partial charge on any atom is 0.178 e. The second-order valence-electron chi connectivity index (χ2n) is 4.44. The minimum Gasteiger partial charge on any atom is -0.293 e. The summed E-state index contributed by atoms with van der Waals surface area (Å²) in [5.74, 6) is -0.000145. The highest BCUT2D eigenvalue weighted by Crippen LogP contribution is 2.19. The van der Waals surface area contributed by atoms with Crippen molar-refractivity contribution < 1.29 is 4.79 Å². The number of aryl methyl sites for hydroxylation is 1. The molecule has 0 N–H and O–H groups in total. The van der Waals surface area contributed by atoms with Crippen LogP contribution in [0.3, 0.4) is 0 Å². The van der Waals surface area contributed by atoms with Crippen LogP contribution in [-0.4, -0.2) is 10.8 Å². The predicted molar refractivity (Wildman–Crippen MR) is 73.7 cm³/mol. The van der Waals surface area contributed by atoms with E-state index in [0.29, 0.717) is 5.69 Å². The van der Waals surface area contributed by atoms with Gasteiger partial charge in [-0.3, -0.25) is 9.78 Å². The Balaban J connectivity index is 2.23. The molecule has 0 aliphatic rings. The smallest absolute Gasteiger partial charge is 0.178 e. The third-order valence-electron chi connectivity index (χ3n) is 2.95. The second kappa shape index (κ2) is 5.58. The van der Waals surface area contributed by atoms with Crippen molar-refractivity contribution in [1.82, 2.24) is 4.98 Å². The molecular weight excluding hydrogens is 222 g/mol. The molecule has 2 heteroatoms. The summed E-state index contributed by atoms with van der Waals surface area (Å²) in [5.41, 5.74) is 4.05. The van der Waals surface area contributed by atoms with Crippen molar-refractivity contribution in [3.05, 3.63) is 53.9 Å². The van der Waals surface area contributed by atoms with Crippen LogP contribution in [0.2, 0.25) is 0 Å². The van der Waals surface area contributed by atoms with Crippen molar-refractivity contribution in [3.8, 4) is 11.1 Å². The van der Waals surface area contributed by atoms with Gasteiger partial charge in [0.15, 0.2) is 5.78 Å². The molecule has 0 spiro atoms. The molecule has 0 saturated heterocycles. The number of aromatic nitrogens is 1. The van der Waals surface area contributed by atoms with E-state index >= 15 is 0 Å². The van der Waals surface area contributed by atoms with E-state index in [0.717, 1.165) is 24.0 Å². The van der Waals surface area contributed by atoms with E-state index in [4.69, 9.17) is 0 Å². The van der Waals surface area contributed by atoms with Crippen LogP contribution in [0.5, 0.6) is 0 Å².